The predicted octanol–water partition coefficient (Wildman–Crippen LogP) is 3.73. The number of benzene rings is 1. The summed E-state index contributed by atoms with van der Waals surface area (Å²) in [4.78, 5) is 31.7. The van der Waals surface area contributed by atoms with Crippen molar-refractivity contribution in [3.05, 3.63) is 70.7 Å². The molecule has 1 saturated heterocycles. The fourth-order valence-corrected chi connectivity index (χ4v) is 5.70. The van der Waals surface area contributed by atoms with E-state index in [1.807, 2.05) is 32.0 Å². The van der Waals surface area contributed by atoms with Gasteiger partial charge in [-0.3, -0.25) is 19.2 Å². The van der Waals surface area contributed by atoms with Crippen LogP contribution < -0.4 is 15.0 Å². The van der Waals surface area contributed by atoms with Gasteiger partial charge in [-0.15, -0.1) is 0 Å². The molecule has 0 bridgehead atoms. The first-order chi connectivity index (χ1) is 18.4. The van der Waals surface area contributed by atoms with E-state index < -0.39 is 0 Å². The van der Waals surface area contributed by atoms with Crippen molar-refractivity contribution < 1.29 is 14.3 Å². The van der Waals surface area contributed by atoms with Crippen molar-refractivity contribution >= 4 is 17.6 Å². The summed E-state index contributed by atoms with van der Waals surface area (Å²) in [5.41, 5.74) is 4.28. The number of methoxy groups -OCH3 is 1. The van der Waals surface area contributed by atoms with Crippen LogP contribution in [0, 0.1) is 30.1 Å². The number of carbonyl (C=O) groups excluding carboxylic acids is 2. The second kappa shape index (κ2) is 9.28. The van der Waals surface area contributed by atoms with Crippen LogP contribution in [0.1, 0.15) is 70.8 Å². The molecule has 0 spiro atoms. The smallest absolute Gasteiger partial charge is 0.254 e. The minimum absolute atomic E-state index is 0.0701. The fraction of sp³-hybridized carbons (Fsp3) is 0.414. The van der Waals surface area contributed by atoms with Gasteiger partial charge in [0.05, 0.1) is 36.5 Å². The second-order valence-corrected chi connectivity index (χ2v) is 10.8. The van der Waals surface area contributed by atoms with Crippen LogP contribution in [0.3, 0.4) is 0 Å². The molecule has 0 radical (unpaired) electrons. The summed E-state index contributed by atoms with van der Waals surface area (Å²) in [7, 11) is 1.58. The molecule has 2 aliphatic carbocycles. The Kier molecular flexibility index (Phi) is 5.90. The number of pyridine rings is 1. The Bertz CT molecular complexity index is 1470. The van der Waals surface area contributed by atoms with Crippen molar-refractivity contribution in [2.24, 2.45) is 11.8 Å². The van der Waals surface area contributed by atoms with Crippen molar-refractivity contribution in [1.82, 2.24) is 20.1 Å². The highest BCUT2D eigenvalue weighted by Crippen LogP contribution is 2.48. The summed E-state index contributed by atoms with van der Waals surface area (Å²) in [5.74, 6) is 1.97. The van der Waals surface area contributed by atoms with Gasteiger partial charge in [0.2, 0.25) is 5.91 Å². The van der Waals surface area contributed by atoms with Gasteiger partial charge in [0.1, 0.15) is 0 Å². The van der Waals surface area contributed by atoms with E-state index in [9.17, 15) is 14.9 Å². The van der Waals surface area contributed by atoms with Gasteiger partial charge < -0.3 is 10.1 Å². The van der Waals surface area contributed by atoms with Gasteiger partial charge in [-0.1, -0.05) is 17.7 Å². The summed E-state index contributed by atoms with van der Waals surface area (Å²) in [6, 6.07) is 9.96. The number of amides is 2. The van der Waals surface area contributed by atoms with Crippen LogP contribution in [-0.2, 0) is 4.79 Å². The monoisotopic (exact) mass is 510 g/mol. The number of nitrogens with zero attached hydrogens (tertiary/aromatic N) is 5. The SMILES string of the molecule is COc1cc([C@@H](C)n2cc(C(=O)N[C@H]3C[C@@H](c4cc(C)ccc4C#N)C3)cn2)cnc1N1C[C@H]2C[C@H]2C1=O. The second-order valence-electron chi connectivity index (χ2n) is 10.8. The Hall–Kier alpha value is -4.19. The number of anilines is 1. The summed E-state index contributed by atoms with van der Waals surface area (Å²) in [6.45, 7) is 4.70. The number of rotatable bonds is 7. The van der Waals surface area contributed by atoms with E-state index >= 15 is 0 Å². The third kappa shape index (κ3) is 4.20. The average Bonchev–Trinajstić information content (AvgIpc) is 3.36. The Morgan fingerprint density at radius 2 is 2.05 bits per heavy atom. The van der Waals surface area contributed by atoms with Crippen LogP contribution in [-0.4, -0.2) is 46.3 Å². The van der Waals surface area contributed by atoms with E-state index in [0.717, 1.165) is 36.0 Å². The summed E-state index contributed by atoms with van der Waals surface area (Å²) in [6.07, 6.45) is 7.67. The minimum atomic E-state index is -0.187. The van der Waals surface area contributed by atoms with E-state index in [1.54, 1.807) is 35.3 Å². The standard InChI is InChI=1S/C29H30N6O3/c1-16-4-5-18(11-30)24(6-16)19-7-23(8-19)33-28(36)22-13-32-35(15-22)17(2)20-10-26(38-3)27(31-12-20)34-14-21-9-25(21)29(34)37/h4-6,10,12-13,15,17,19,21,23,25H,7-9,14H2,1-3H3,(H,33,36)/t17-,19-,21-,23+,25-/m1/s1. The number of fused-ring (bicyclic) bond motifs is 1. The van der Waals surface area contributed by atoms with E-state index in [0.29, 0.717) is 35.2 Å². The third-order valence-corrected chi connectivity index (χ3v) is 8.24. The zero-order valence-electron chi connectivity index (χ0n) is 21.7. The molecule has 3 aliphatic rings. The highest BCUT2D eigenvalue weighted by atomic mass is 16.5. The van der Waals surface area contributed by atoms with E-state index in [1.165, 1.54) is 0 Å². The van der Waals surface area contributed by atoms with E-state index in [-0.39, 0.29) is 35.7 Å². The van der Waals surface area contributed by atoms with Crippen molar-refractivity contribution in [3.8, 4) is 11.8 Å². The van der Waals surface area contributed by atoms with Crippen molar-refractivity contribution in [1.29, 1.82) is 5.26 Å². The number of nitrogens with one attached hydrogen (secondary N) is 1. The van der Waals surface area contributed by atoms with Gasteiger partial charge in [0.15, 0.2) is 11.6 Å². The zero-order chi connectivity index (χ0) is 26.6. The highest BCUT2D eigenvalue weighted by molar-refractivity contribution is 6.00. The molecule has 3 heterocycles. The topological polar surface area (TPSA) is 113 Å². The lowest BCUT2D eigenvalue weighted by Gasteiger charge is -2.36. The van der Waals surface area contributed by atoms with Crippen LogP contribution >= 0.6 is 0 Å². The number of ether oxygens (including phenoxy) is 1. The first-order valence-corrected chi connectivity index (χ1v) is 13.1. The number of hydrogen-bond donors (Lipinski definition) is 1. The molecule has 6 rings (SSSR count). The third-order valence-electron chi connectivity index (χ3n) is 8.24. The Balaban J connectivity index is 1.09. The Labute approximate surface area is 221 Å². The lowest BCUT2D eigenvalue weighted by Crippen LogP contribution is -2.43. The molecule has 3 atom stereocenters. The first kappa shape index (κ1) is 24.2. The van der Waals surface area contributed by atoms with Crippen molar-refractivity contribution in [2.45, 2.75) is 51.1 Å². The fourth-order valence-electron chi connectivity index (χ4n) is 5.70. The van der Waals surface area contributed by atoms with E-state index in [4.69, 9.17) is 4.74 Å². The van der Waals surface area contributed by atoms with Gasteiger partial charge in [-0.2, -0.15) is 10.4 Å². The molecule has 194 valence electrons. The van der Waals surface area contributed by atoms with Gasteiger partial charge in [0.25, 0.3) is 5.91 Å². The minimum Gasteiger partial charge on any atom is -0.493 e. The van der Waals surface area contributed by atoms with Gasteiger partial charge in [0, 0.05) is 30.9 Å². The Morgan fingerprint density at radius 3 is 2.76 bits per heavy atom. The molecular formula is C29H30N6O3. The summed E-state index contributed by atoms with van der Waals surface area (Å²) < 4.78 is 7.32. The van der Waals surface area contributed by atoms with Crippen LogP contribution in [0.4, 0.5) is 5.82 Å². The van der Waals surface area contributed by atoms with Crippen LogP contribution in [0.2, 0.25) is 0 Å². The molecule has 2 amide bonds. The average molecular weight is 511 g/mol. The molecule has 9 heteroatoms. The number of nitriles is 1. The number of aromatic nitrogens is 3. The zero-order valence-corrected chi connectivity index (χ0v) is 21.7. The molecule has 1 N–H and O–H groups in total. The molecule has 1 aromatic carbocycles. The molecule has 2 saturated carbocycles. The Morgan fingerprint density at radius 1 is 1.24 bits per heavy atom. The predicted molar refractivity (Wildman–Crippen MR) is 140 cm³/mol. The normalized spacial score (nSPS) is 24.3. The molecule has 0 unspecified atom stereocenters. The summed E-state index contributed by atoms with van der Waals surface area (Å²) >= 11 is 0. The number of hydrogen-bond acceptors (Lipinski definition) is 6. The maximum atomic E-state index is 12.9. The lowest BCUT2D eigenvalue weighted by atomic mass is 9.74. The molecule has 2 aromatic heterocycles. The molecule has 9 nitrogen and oxygen atoms in total. The van der Waals surface area contributed by atoms with Crippen molar-refractivity contribution in [3.63, 3.8) is 0 Å². The maximum Gasteiger partial charge on any atom is 0.254 e. The quantitative estimate of drug-likeness (QED) is 0.518. The maximum absolute atomic E-state index is 12.9. The number of piperidine rings is 1. The van der Waals surface area contributed by atoms with Crippen molar-refractivity contribution in [2.75, 3.05) is 18.6 Å². The first-order valence-electron chi connectivity index (χ1n) is 13.1. The number of carbonyl (C=O) groups is 2. The van der Waals surface area contributed by atoms with Gasteiger partial charge in [-0.25, -0.2) is 4.98 Å². The molecule has 1 aliphatic heterocycles. The van der Waals surface area contributed by atoms with Crippen LogP contribution in [0.25, 0.3) is 0 Å². The van der Waals surface area contributed by atoms with Gasteiger partial charge >= 0.3 is 0 Å². The lowest BCUT2D eigenvalue weighted by molar-refractivity contribution is -0.118. The van der Waals surface area contributed by atoms with Gasteiger partial charge in [-0.05, 0) is 68.2 Å². The molecule has 38 heavy (non-hydrogen) atoms. The molecular weight excluding hydrogens is 480 g/mol. The highest BCUT2D eigenvalue weighted by Gasteiger charge is 2.53. The van der Waals surface area contributed by atoms with E-state index in [2.05, 4.69) is 27.5 Å². The molecule has 3 fully saturated rings. The largest absolute Gasteiger partial charge is 0.493 e. The van der Waals surface area contributed by atoms with Crippen LogP contribution in [0.15, 0.2) is 42.9 Å². The number of aryl methyl sites for hydroxylation is 1. The molecule has 3 aromatic rings. The van der Waals surface area contributed by atoms with Crippen LogP contribution in [0.5, 0.6) is 5.75 Å². The summed E-state index contributed by atoms with van der Waals surface area (Å²) in [5, 5.41) is 17.0.